The highest BCUT2D eigenvalue weighted by molar-refractivity contribution is 7.91. The third kappa shape index (κ3) is 3.42. The van der Waals surface area contributed by atoms with E-state index in [9.17, 15) is 13.2 Å². The van der Waals surface area contributed by atoms with Crippen molar-refractivity contribution in [3.05, 3.63) is 0 Å². The molecule has 0 spiro atoms. The van der Waals surface area contributed by atoms with Crippen molar-refractivity contribution < 1.29 is 13.2 Å². The molecule has 0 N–H and O–H groups in total. The van der Waals surface area contributed by atoms with Crippen LogP contribution in [-0.4, -0.2) is 68.9 Å². The van der Waals surface area contributed by atoms with E-state index < -0.39 is 9.84 Å². The van der Waals surface area contributed by atoms with Gasteiger partial charge in [-0.15, -0.1) is 0 Å². The SMILES string of the molecule is CN1CC(CN2CCS(=O)(=O)CC2)CCC1=O. The Hall–Kier alpha value is -0.620. The first-order valence-corrected chi connectivity index (χ1v) is 7.95. The van der Waals surface area contributed by atoms with Crippen LogP contribution in [0.2, 0.25) is 0 Å². The largest absolute Gasteiger partial charge is 0.345 e. The van der Waals surface area contributed by atoms with Crippen LogP contribution < -0.4 is 0 Å². The van der Waals surface area contributed by atoms with Crippen molar-refractivity contribution in [3.63, 3.8) is 0 Å². The van der Waals surface area contributed by atoms with Crippen LogP contribution in [0.4, 0.5) is 0 Å². The molecule has 0 aromatic rings. The van der Waals surface area contributed by atoms with Gasteiger partial charge in [-0.05, 0) is 12.3 Å². The van der Waals surface area contributed by atoms with Crippen molar-refractivity contribution in [2.24, 2.45) is 5.92 Å². The molecule has 5 nitrogen and oxygen atoms in total. The van der Waals surface area contributed by atoms with Gasteiger partial charge in [0.05, 0.1) is 11.5 Å². The third-order valence-electron chi connectivity index (χ3n) is 3.68. The number of hydrogen-bond donors (Lipinski definition) is 0. The van der Waals surface area contributed by atoms with Gasteiger partial charge in [-0.2, -0.15) is 0 Å². The predicted molar refractivity (Wildman–Crippen MR) is 65.5 cm³/mol. The van der Waals surface area contributed by atoms with E-state index in [2.05, 4.69) is 4.90 Å². The lowest BCUT2D eigenvalue weighted by Gasteiger charge is -2.35. The number of carbonyl (C=O) groups excluding carboxylic acids is 1. The first-order chi connectivity index (χ1) is 7.96. The Bertz CT molecular complexity index is 380. The van der Waals surface area contributed by atoms with Gasteiger partial charge in [-0.1, -0.05) is 0 Å². The van der Waals surface area contributed by atoms with E-state index in [0.29, 0.717) is 25.4 Å². The summed E-state index contributed by atoms with van der Waals surface area (Å²) in [6, 6.07) is 0. The van der Waals surface area contributed by atoms with Crippen molar-refractivity contribution in [3.8, 4) is 0 Å². The molecule has 2 aliphatic rings. The number of amides is 1. The van der Waals surface area contributed by atoms with Crippen LogP contribution >= 0.6 is 0 Å². The summed E-state index contributed by atoms with van der Waals surface area (Å²) in [4.78, 5) is 15.4. The van der Waals surface area contributed by atoms with Crippen LogP contribution in [0.15, 0.2) is 0 Å². The highest BCUT2D eigenvalue weighted by Crippen LogP contribution is 2.18. The molecule has 0 aliphatic carbocycles. The Morgan fingerprint density at radius 2 is 1.94 bits per heavy atom. The fourth-order valence-corrected chi connectivity index (χ4v) is 3.82. The number of nitrogens with zero attached hydrogens (tertiary/aromatic N) is 2. The zero-order valence-corrected chi connectivity index (χ0v) is 11.1. The summed E-state index contributed by atoms with van der Waals surface area (Å²) < 4.78 is 22.6. The number of piperidine rings is 1. The van der Waals surface area contributed by atoms with E-state index in [4.69, 9.17) is 0 Å². The predicted octanol–water partition coefficient (Wildman–Crippen LogP) is -0.415. The number of likely N-dealkylation sites (tertiary alicyclic amines) is 1. The highest BCUT2D eigenvalue weighted by Gasteiger charge is 2.27. The minimum absolute atomic E-state index is 0.225. The van der Waals surface area contributed by atoms with Crippen molar-refractivity contribution in [1.29, 1.82) is 0 Å². The fourth-order valence-electron chi connectivity index (χ4n) is 2.55. The minimum atomic E-state index is -2.78. The van der Waals surface area contributed by atoms with E-state index in [1.807, 2.05) is 7.05 Å². The molecule has 0 saturated carbocycles. The zero-order valence-electron chi connectivity index (χ0n) is 10.3. The number of hydrogen-bond acceptors (Lipinski definition) is 4. The molecule has 2 fully saturated rings. The lowest BCUT2D eigenvalue weighted by molar-refractivity contribution is -0.133. The third-order valence-corrected chi connectivity index (χ3v) is 5.29. The number of carbonyl (C=O) groups is 1. The first-order valence-electron chi connectivity index (χ1n) is 6.13. The summed E-state index contributed by atoms with van der Waals surface area (Å²) in [6.45, 7) is 3.03. The lowest BCUT2D eigenvalue weighted by Crippen LogP contribution is -2.46. The Morgan fingerprint density at radius 3 is 2.53 bits per heavy atom. The first kappa shape index (κ1) is 12.8. The van der Waals surface area contributed by atoms with Crippen molar-refractivity contribution in [2.75, 3.05) is 44.7 Å². The van der Waals surface area contributed by atoms with Crippen LogP contribution in [0.3, 0.4) is 0 Å². The Morgan fingerprint density at radius 1 is 1.29 bits per heavy atom. The molecule has 0 aromatic carbocycles. The maximum atomic E-state index is 11.3. The molecule has 0 radical (unpaired) electrons. The highest BCUT2D eigenvalue weighted by atomic mass is 32.2. The normalized spacial score (nSPS) is 30.5. The van der Waals surface area contributed by atoms with E-state index in [1.54, 1.807) is 4.90 Å². The summed E-state index contributed by atoms with van der Waals surface area (Å²) in [6.07, 6.45) is 1.57. The molecule has 98 valence electrons. The van der Waals surface area contributed by atoms with Gasteiger partial charge in [0, 0.05) is 39.6 Å². The molecule has 0 aromatic heterocycles. The molecule has 1 atom stereocenters. The molecule has 2 heterocycles. The van der Waals surface area contributed by atoms with Gasteiger partial charge >= 0.3 is 0 Å². The topological polar surface area (TPSA) is 57.7 Å². The Kier molecular flexibility index (Phi) is 3.73. The smallest absolute Gasteiger partial charge is 0.222 e. The summed E-state index contributed by atoms with van der Waals surface area (Å²) in [5.41, 5.74) is 0. The molecular formula is C11H20N2O3S. The van der Waals surface area contributed by atoms with Gasteiger partial charge in [0.2, 0.25) is 5.91 Å². The summed E-state index contributed by atoms with van der Waals surface area (Å²) in [5.74, 6) is 1.30. The van der Waals surface area contributed by atoms with Crippen LogP contribution in [0, 0.1) is 5.92 Å². The Labute approximate surface area is 103 Å². The molecule has 17 heavy (non-hydrogen) atoms. The maximum absolute atomic E-state index is 11.3. The van der Waals surface area contributed by atoms with Crippen molar-refractivity contribution in [1.82, 2.24) is 9.80 Å². The van der Waals surface area contributed by atoms with Gasteiger partial charge in [0.1, 0.15) is 0 Å². The summed E-state index contributed by atoms with van der Waals surface area (Å²) in [5, 5.41) is 0. The minimum Gasteiger partial charge on any atom is -0.345 e. The van der Waals surface area contributed by atoms with E-state index in [0.717, 1.165) is 19.5 Å². The molecule has 6 heteroatoms. The maximum Gasteiger partial charge on any atom is 0.222 e. The monoisotopic (exact) mass is 260 g/mol. The van der Waals surface area contributed by atoms with Crippen LogP contribution in [0.5, 0.6) is 0 Å². The standard InChI is InChI=1S/C11H20N2O3S/c1-12-8-10(2-3-11(12)14)9-13-4-6-17(15,16)7-5-13/h10H,2-9H2,1H3. The quantitative estimate of drug-likeness (QED) is 0.677. The molecule has 2 saturated heterocycles. The summed E-state index contributed by atoms with van der Waals surface area (Å²) in [7, 11) is -0.940. The average Bonchev–Trinajstić information content (AvgIpc) is 2.27. The second kappa shape index (κ2) is 4.94. The van der Waals surface area contributed by atoms with Crippen LogP contribution in [0.25, 0.3) is 0 Å². The van der Waals surface area contributed by atoms with E-state index in [-0.39, 0.29) is 17.4 Å². The van der Waals surface area contributed by atoms with Crippen molar-refractivity contribution in [2.45, 2.75) is 12.8 Å². The van der Waals surface area contributed by atoms with Crippen LogP contribution in [-0.2, 0) is 14.6 Å². The van der Waals surface area contributed by atoms with Gasteiger partial charge in [0.15, 0.2) is 9.84 Å². The lowest BCUT2D eigenvalue weighted by atomic mass is 9.97. The molecule has 1 unspecified atom stereocenters. The number of rotatable bonds is 2. The van der Waals surface area contributed by atoms with E-state index >= 15 is 0 Å². The van der Waals surface area contributed by atoms with E-state index in [1.165, 1.54) is 0 Å². The fraction of sp³-hybridized carbons (Fsp3) is 0.909. The second-order valence-corrected chi connectivity index (χ2v) is 7.44. The molecule has 1 amide bonds. The molecule has 2 rings (SSSR count). The molecule has 0 bridgehead atoms. The molecular weight excluding hydrogens is 240 g/mol. The van der Waals surface area contributed by atoms with Gasteiger partial charge in [0.25, 0.3) is 0 Å². The zero-order chi connectivity index (χ0) is 12.5. The number of sulfone groups is 1. The van der Waals surface area contributed by atoms with Gasteiger partial charge in [-0.25, -0.2) is 8.42 Å². The average molecular weight is 260 g/mol. The van der Waals surface area contributed by atoms with Gasteiger partial charge in [-0.3, -0.25) is 4.79 Å². The van der Waals surface area contributed by atoms with Crippen molar-refractivity contribution >= 4 is 15.7 Å². The Balaban J connectivity index is 1.80. The second-order valence-electron chi connectivity index (χ2n) is 5.13. The van der Waals surface area contributed by atoms with Gasteiger partial charge < -0.3 is 9.80 Å². The molecule has 2 aliphatic heterocycles. The summed E-state index contributed by atoms with van der Waals surface area (Å²) >= 11 is 0. The van der Waals surface area contributed by atoms with Crippen LogP contribution in [0.1, 0.15) is 12.8 Å².